The summed E-state index contributed by atoms with van der Waals surface area (Å²) in [5, 5.41) is 0. The molecule has 1 saturated heterocycles. The zero-order chi connectivity index (χ0) is 19.5. The number of rotatable bonds is 12. The van der Waals surface area contributed by atoms with Crippen LogP contribution in [0, 0.1) is 0 Å². The van der Waals surface area contributed by atoms with Crippen molar-refractivity contribution < 1.29 is 18.7 Å². The Morgan fingerprint density at radius 3 is 2.63 bits per heavy atom. The topological polar surface area (TPSA) is 63.0 Å². The number of nitrogens with zero attached hydrogens (tertiary/aromatic N) is 2. The number of ether oxygens (including phenoxy) is 1. The van der Waals surface area contributed by atoms with Crippen LogP contribution in [0.25, 0.3) is 0 Å². The van der Waals surface area contributed by atoms with E-state index in [1.165, 1.54) is 0 Å². The Labute approximate surface area is 162 Å². The maximum atomic E-state index is 13.0. The smallest absolute Gasteiger partial charge is 0.242 e. The molecule has 1 fully saturated rings. The average Bonchev–Trinajstić information content (AvgIpc) is 3.35. The third-order valence-electron chi connectivity index (χ3n) is 4.89. The van der Waals surface area contributed by atoms with E-state index in [0.29, 0.717) is 26.1 Å². The average molecular weight is 379 g/mol. The van der Waals surface area contributed by atoms with Crippen LogP contribution in [-0.4, -0.2) is 54.0 Å². The zero-order valence-corrected chi connectivity index (χ0v) is 16.8. The number of furan rings is 1. The van der Waals surface area contributed by atoms with Gasteiger partial charge in [-0.15, -0.1) is 0 Å². The predicted molar refractivity (Wildman–Crippen MR) is 104 cm³/mol. The highest BCUT2D eigenvalue weighted by Gasteiger charge is 2.25. The Hall–Kier alpha value is -1.82. The number of amides is 2. The Morgan fingerprint density at radius 1 is 1.15 bits per heavy atom. The second-order valence-electron chi connectivity index (χ2n) is 7.26. The van der Waals surface area contributed by atoms with Crippen LogP contribution in [0.1, 0.15) is 64.6 Å². The Morgan fingerprint density at radius 2 is 2.00 bits per heavy atom. The van der Waals surface area contributed by atoms with Gasteiger partial charge in [0.2, 0.25) is 11.8 Å². The van der Waals surface area contributed by atoms with E-state index in [1.54, 1.807) is 16.1 Å². The maximum Gasteiger partial charge on any atom is 0.242 e. The van der Waals surface area contributed by atoms with E-state index in [-0.39, 0.29) is 24.5 Å². The summed E-state index contributed by atoms with van der Waals surface area (Å²) in [6, 6.07) is 3.69. The van der Waals surface area contributed by atoms with Crippen molar-refractivity contribution in [3.63, 3.8) is 0 Å². The molecule has 2 heterocycles. The fraction of sp³-hybridized carbons (Fsp3) is 0.714. The molecule has 2 rings (SSSR count). The molecule has 0 aliphatic carbocycles. The van der Waals surface area contributed by atoms with Crippen molar-refractivity contribution in [2.24, 2.45) is 0 Å². The Balaban J connectivity index is 1.98. The minimum atomic E-state index is -0.0424. The van der Waals surface area contributed by atoms with Gasteiger partial charge in [0.1, 0.15) is 5.76 Å². The van der Waals surface area contributed by atoms with Crippen LogP contribution in [-0.2, 0) is 20.9 Å². The lowest BCUT2D eigenvalue weighted by atomic mass is 10.2. The normalized spacial score (nSPS) is 16.4. The first-order chi connectivity index (χ1) is 13.1. The maximum absolute atomic E-state index is 13.0. The van der Waals surface area contributed by atoms with E-state index >= 15 is 0 Å². The number of hydrogen-bond acceptors (Lipinski definition) is 4. The molecule has 152 valence electrons. The summed E-state index contributed by atoms with van der Waals surface area (Å²) in [6.45, 7) is 6.61. The summed E-state index contributed by atoms with van der Waals surface area (Å²) in [5.74, 6) is 0.783. The second kappa shape index (κ2) is 11.8. The lowest BCUT2D eigenvalue weighted by molar-refractivity contribution is -0.142. The monoisotopic (exact) mass is 378 g/mol. The van der Waals surface area contributed by atoms with Gasteiger partial charge in [-0.2, -0.15) is 0 Å². The summed E-state index contributed by atoms with van der Waals surface area (Å²) >= 11 is 0. The van der Waals surface area contributed by atoms with Crippen LogP contribution < -0.4 is 0 Å². The van der Waals surface area contributed by atoms with Gasteiger partial charge in [0.25, 0.3) is 0 Å². The first-order valence-corrected chi connectivity index (χ1v) is 10.3. The van der Waals surface area contributed by atoms with E-state index in [1.807, 2.05) is 19.1 Å². The van der Waals surface area contributed by atoms with Gasteiger partial charge < -0.3 is 19.0 Å². The third kappa shape index (κ3) is 7.37. The first-order valence-electron chi connectivity index (χ1n) is 10.3. The summed E-state index contributed by atoms with van der Waals surface area (Å²) in [6.07, 6.45) is 8.06. The molecule has 0 aromatic carbocycles. The van der Waals surface area contributed by atoms with Gasteiger partial charge in [0, 0.05) is 26.1 Å². The lowest BCUT2D eigenvalue weighted by Crippen LogP contribution is -2.45. The standard InChI is InChI=1S/C21H34N2O4/c1-3-5-6-11-20(24)22(12-4-2)17-21(25)23(15-18-9-7-13-26-18)16-19-10-8-14-27-19/h7,9,13,19H,3-6,8,10-12,14-17H2,1-2H3/t19-/m0/s1. The van der Waals surface area contributed by atoms with Gasteiger partial charge in [-0.3, -0.25) is 9.59 Å². The van der Waals surface area contributed by atoms with Crippen molar-refractivity contribution in [2.75, 3.05) is 26.2 Å². The summed E-state index contributed by atoms with van der Waals surface area (Å²) in [4.78, 5) is 29.0. The van der Waals surface area contributed by atoms with Gasteiger partial charge in [0.05, 0.1) is 25.5 Å². The largest absolute Gasteiger partial charge is 0.467 e. The molecule has 6 heteroatoms. The van der Waals surface area contributed by atoms with Crippen molar-refractivity contribution >= 4 is 11.8 Å². The molecular weight excluding hydrogens is 344 g/mol. The quantitative estimate of drug-likeness (QED) is 0.521. The van der Waals surface area contributed by atoms with Crippen molar-refractivity contribution in [2.45, 2.75) is 71.4 Å². The molecule has 6 nitrogen and oxygen atoms in total. The summed E-state index contributed by atoms with van der Waals surface area (Å²) in [5.41, 5.74) is 0. The second-order valence-corrected chi connectivity index (χ2v) is 7.26. The van der Waals surface area contributed by atoms with E-state index in [4.69, 9.17) is 9.15 Å². The fourth-order valence-corrected chi connectivity index (χ4v) is 3.39. The van der Waals surface area contributed by atoms with Crippen molar-refractivity contribution in [3.05, 3.63) is 24.2 Å². The van der Waals surface area contributed by atoms with E-state index in [0.717, 1.165) is 50.9 Å². The van der Waals surface area contributed by atoms with E-state index < -0.39 is 0 Å². The SMILES string of the molecule is CCCCCC(=O)N(CCC)CC(=O)N(Cc1ccco1)C[C@@H]1CCCO1. The van der Waals surface area contributed by atoms with Gasteiger partial charge >= 0.3 is 0 Å². The first kappa shape index (κ1) is 21.5. The highest BCUT2D eigenvalue weighted by molar-refractivity contribution is 5.84. The van der Waals surface area contributed by atoms with E-state index in [9.17, 15) is 9.59 Å². The molecule has 0 spiro atoms. The molecule has 0 unspecified atom stereocenters. The van der Waals surface area contributed by atoms with Gasteiger partial charge in [-0.25, -0.2) is 0 Å². The molecule has 1 aromatic rings. The van der Waals surface area contributed by atoms with Crippen LogP contribution >= 0.6 is 0 Å². The molecule has 1 aliphatic rings. The highest BCUT2D eigenvalue weighted by atomic mass is 16.5. The molecule has 1 aromatic heterocycles. The Kier molecular flexibility index (Phi) is 9.39. The van der Waals surface area contributed by atoms with Crippen molar-refractivity contribution in [1.29, 1.82) is 0 Å². The molecule has 1 atom stereocenters. The molecule has 0 bridgehead atoms. The lowest BCUT2D eigenvalue weighted by Gasteiger charge is -2.28. The molecule has 0 N–H and O–H groups in total. The summed E-state index contributed by atoms with van der Waals surface area (Å²) < 4.78 is 11.1. The fourth-order valence-electron chi connectivity index (χ4n) is 3.39. The van der Waals surface area contributed by atoms with Crippen molar-refractivity contribution in [3.8, 4) is 0 Å². The third-order valence-corrected chi connectivity index (χ3v) is 4.89. The van der Waals surface area contributed by atoms with Crippen molar-refractivity contribution in [1.82, 2.24) is 9.80 Å². The number of hydrogen-bond donors (Lipinski definition) is 0. The predicted octanol–water partition coefficient (Wildman–Crippen LogP) is 3.61. The minimum Gasteiger partial charge on any atom is -0.467 e. The number of unbranched alkanes of at least 4 members (excludes halogenated alkanes) is 2. The van der Waals surface area contributed by atoms with Gasteiger partial charge in [-0.05, 0) is 37.8 Å². The van der Waals surface area contributed by atoms with Crippen LogP contribution in [0.2, 0.25) is 0 Å². The van der Waals surface area contributed by atoms with Crippen LogP contribution in [0.5, 0.6) is 0 Å². The van der Waals surface area contributed by atoms with Crippen LogP contribution in [0.3, 0.4) is 0 Å². The van der Waals surface area contributed by atoms with E-state index in [2.05, 4.69) is 6.92 Å². The molecular formula is C21H34N2O4. The highest BCUT2D eigenvalue weighted by Crippen LogP contribution is 2.16. The molecule has 0 saturated carbocycles. The number of carbonyl (C=O) groups is 2. The Bertz CT molecular complexity index is 553. The summed E-state index contributed by atoms with van der Waals surface area (Å²) in [7, 11) is 0. The molecule has 1 aliphatic heterocycles. The zero-order valence-electron chi connectivity index (χ0n) is 16.8. The van der Waals surface area contributed by atoms with Gasteiger partial charge in [-0.1, -0.05) is 26.7 Å². The molecule has 0 radical (unpaired) electrons. The molecule has 2 amide bonds. The minimum absolute atomic E-state index is 0.0424. The van der Waals surface area contributed by atoms with Crippen LogP contribution in [0.15, 0.2) is 22.8 Å². The molecule has 27 heavy (non-hydrogen) atoms. The van der Waals surface area contributed by atoms with Gasteiger partial charge in [0.15, 0.2) is 0 Å². The number of carbonyl (C=O) groups excluding carboxylic acids is 2. The van der Waals surface area contributed by atoms with Crippen LogP contribution in [0.4, 0.5) is 0 Å².